The van der Waals surface area contributed by atoms with Crippen LogP contribution in [-0.4, -0.2) is 188 Å². The first-order valence-corrected chi connectivity index (χ1v) is 17.4. The maximum Gasteiger partial charge on any atom is 0.323 e. The highest BCUT2D eigenvalue weighted by atomic mass is 16.5. The molecule has 0 rings (SSSR count). The lowest BCUT2D eigenvalue weighted by Crippen LogP contribution is -2.40. The summed E-state index contributed by atoms with van der Waals surface area (Å²) in [6.07, 6.45) is -0.928. The molecule has 22 heteroatoms. The van der Waals surface area contributed by atoms with Crippen molar-refractivity contribution in [2.24, 2.45) is 0 Å². The summed E-state index contributed by atoms with van der Waals surface area (Å²) in [7, 11) is 4.48. The highest BCUT2D eigenvalue weighted by Gasteiger charge is 2.22. The Bertz CT molecular complexity index is 1280. The fourth-order valence-electron chi connectivity index (χ4n) is 4.81. The molecule has 0 saturated carbocycles. The number of nitrogens with one attached hydrogen (secondary N) is 1. The van der Waals surface area contributed by atoms with Gasteiger partial charge in [0.25, 0.3) is 0 Å². The predicted octanol–water partition coefficient (Wildman–Crippen LogP) is -1.26. The first-order chi connectivity index (χ1) is 25.3. The van der Waals surface area contributed by atoms with E-state index in [1.54, 1.807) is 0 Å². The number of nitrogens with zero attached hydrogens (tertiary/aromatic N) is 7. The summed E-state index contributed by atoms with van der Waals surface area (Å²) in [6, 6.07) is 0. The molecule has 22 nitrogen and oxygen atoms in total. The van der Waals surface area contributed by atoms with Gasteiger partial charge in [-0.2, -0.15) is 0 Å². The van der Waals surface area contributed by atoms with E-state index in [4.69, 9.17) is 5.21 Å². The lowest BCUT2D eigenvalue weighted by Gasteiger charge is -2.27. The van der Waals surface area contributed by atoms with Crippen molar-refractivity contribution in [3.05, 3.63) is 0 Å². The smallest absolute Gasteiger partial charge is 0.323 e. The van der Waals surface area contributed by atoms with E-state index in [1.807, 2.05) is 0 Å². The zero-order valence-corrected chi connectivity index (χ0v) is 31.5. The van der Waals surface area contributed by atoms with E-state index >= 15 is 0 Å². The summed E-state index contributed by atoms with van der Waals surface area (Å²) >= 11 is 0. The molecule has 0 atom stereocenters. The van der Waals surface area contributed by atoms with Crippen LogP contribution in [0.15, 0.2) is 0 Å². The van der Waals surface area contributed by atoms with E-state index in [0.29, 0.717) is 39.5 Å². The number of hydrogen-bond donors (Lipinski definition) is 6. The summed E-state index contributed by atoms with van der Waals surface area (Å²) in [5.74, 6) is -5.99. The molecule has 0 unspecified atom stereocenters. The second-order valence-corrected chi connectivity index (χ2v) is 12.4. The summed E-state index contributed by atoms with van der Waals surface area (Å²) in [4.78, 5) is 113. The van der Waals surface area contributed by atoms with Crippen molar-refractivity contribution in [3.8, 4) is 0 Å². The van der Waals surface area contributed by atoms with Crippen LogP contribution in [0.4, 0.5) is 0 Å². The molecule has 6 N–H and O–H groups in total. The van der Waals surface area contributed by atoms with Gasteiger partial charge in [-0.3, -0.25) is 64.0 Å². The minimum atomic E-state index is -1.30. The Morgan fingerprint density at radius 2 is 0.704 bits per heavy atom. The van der Waals surface area contributed by atoms with Gasteiger partial charge in [-0.1, -0.05) is 0 Å². The van der Waals surface area contributed by atoms with Gasteiger partial charge in [-0.25, -0.2) is 20.3 Å². The Labute approximate surface area is 313 Å². The Hall–Kier alpha value is -4.93. The van der Waals surface area contributed by atoms with Gasteiger partial charge >= 0.3 is 5.97 Å². The van der Waals surface area contributed by atoms with Gasteiger partial charge in [-0.15, -0.1) is 0 Å². The number of carboxylic acid groups (broad SMARTS) is 1. The summed E-state index contributed by atoms with van der Waals surface area (Å²) in [5, 5.41) is 50.4. The molecule has 0 aliphatic rings. The van der Waals surface area contributed by atoms with Crippen molar-refractivity contribution < 1.29 is 69.1 Å². The van der Waals surface area contributed by atoms with E-state index in [9.17, 15) is 63.9 Å². The normalized spacial score (nSPS) is 10.5. The van der Waals surface area contributed by atoms with Gasteiger partial charge in [0.2, 0.25) is 47.3 Å². The van der Waals surface area contributed by atoms with Gasteiger partial charge in [0, 0.05) is 119 Å². The molecule has 8 amide bonds. The number of amides is 8. The van der Waals surface area contributed by atoms with Crippen LogP contribution in [0.3, 0.4) is 0 Å². The van der Waals surface area contributed by atoms with Gasteiger partial charge in [0.05, 0.1) is 0 Å². The highest BCUT2D eigenvalue weighted by molar-refractivity contribution is 5.86. The Morgan fingerprint density at radius 3 is 1.07 bits per heavy atom. The molecular formula is C32H56N8O14. The molecule has 0 radical (unpaired) electrons. The van der Waals surface area contributed by atoms with Crippen molar-refractivity contribution in [2.75, 3.05) is 74.0 Å². The third-order valence-corrected chi connectivity index (χ3v) is 7.94. The molecule has 308 valence electrons. The number of rotatable bonds is 27. The molecule has 0 aliphatic heterocycles. The molecule has 0 bridgehead atoms. The lowest BCUT2D eigenvalue weighted by molar-refractivity contribution is -0.160. The average molecular weight is 777 g/mol. The van der Waals surface area contributed by atoms with Crippen LogP contribution in [0.5, 0.6) is 0 Å². The van der Waals surface area contributed by atoms with Crippen LogP contribution >= 0.6 is 0 Å². The summed E-state index contributed by atoms with van der Waals surface area (Å²) < 4.78 is 0. The number of carbonyl (C=O) groups is 9. The van der Waals surface area contributed by atoms with E-state index in [0.717, 1.165) is 33.1 Å². The zero-order valence-electron chi connectivity index (χ0n) is 31.5. The SMILES string of the molecule is CN(O)C(=O)CCC(=O)NCCCN(CCCCN(CCCN(CC(=O)O)C(=O)CCC(=O)N(C)O)C(=O)CCC(=O)N(C)O)C(=O)CCC(=O)N(C)O. The zero-order chi connectivity index (χ0) is 41.4. The van der Waals surface area contributed by atoms with Crippen molar-refractivity contribution in [1.82, 2.24) is 40.3 Å². The topological polar surface area (TPSA) is 289 Å². The largest absolute Gasteiger partial charge is 0.480 e. The minimum absolute atomic E-state index is 0.0447. The number of unbranched alkanes of at least 4 members (excludes halogenated alkanes) is 1. The van der Waals surface area contributed by atoms with Gasteiger partial charge < -0.3 is 25.1 Å². The van der Waals surface area contributed by atoms with Gasteiger partial charge in [0.1, 0.15) is 6.54 Å². The van der Waals surface area contributed by atoms with Crippen molar-refractivity contribution in [3.63, 3.8) is 0 Å². The fourth-order valence-corrected chi connectivity index (χ4v) is 4.81. The first kappa shape index (κ1) is 49.1. The maximum absolute atomic E-state index is 13.1. The second kappa shape index (κ2) is 26.8. The average Bonchev–Trinajstić information content (AvgIpc) is 3.10. The molecule has 0 spiro atoms. The molecule has 0 heterocycles. The van der Waals surface area contributed by atoms with Crippen LogP contribution in [-0.2, 0) is 43.2 Å². The Morgan fingerprint density at radius 1 is 0.407 bits per heavy atom. The van der Waals surface area contributed by atoms with E-state index in [1.165, 1.54) is 9.80 Å². The van der Waals surface area contributed by atoms with Crippen LogP contribution in [0.1, 0.15) is 77.0 Å². The molecule has 0 saturated heterocycles. The van der Waals surface area contributed by atoms with E-state index in [-0.39, 0.29) is 97.1 Å². The number of hydrogen-bond acceptors (Lipinski definition) is 13. The molecule has 0 aliphatic carbocycles. The minimum Gasteiger partial charge on any atom is -0.480 e. The number of aliphatic carboxylic acids is 1. The van der Waals surface area contributed by atoms with Crippen molar-refractivity contribution >= 4 is 53.2 Å². The van der Waals surface area contributed by atoms with Gasteiger partial charge in [0.15, 0.2) is 0 Å². The number of carbonyl (C=O) groups excluding carboxylic acids is 8. The third-order valence-electron chi connectivity index (χ3n) is 7.94. The Balaban J connectivity index is 5.52. The molecule has 54 heavy (non-hydrogen) atoms. The maximum atomic E-state index is 13.1. The summed E-state index contributed by atoms with van der Waals surface area (Å²) in [6.45, 7) is -0.0553. The molecule has 0 aromatic carbocycles. The van der Waals surface area contributed by atoms with E-state index < -0.39 is 59.8 Å². The Kier molecular flexibility index (Phi) is 24.3. The molecular weight excluding hydrogens is 720 g/mol. The van der Waals surface area contributed by atoms with Crippen LogP contribution < -0.4 is 5.32 Å². The number of hydroxylamine groups is 8. The third kappa shape index (κ3) is 22.2. The van der Waals surface area contributed by atoms with Crippen LogP contribution in [0, 0.1) is 0 Å². The van der Waals surface area contributed by atoms with Crippen LogP contribution in [0.25, 0.3) is 0 Å². The standard InChI is InChI=1S/C32H56N8O14/c1-34(51)25(42)10-9-24(41)33-17-7-20-38(29(46)14-11-26(43)35(2)52)18-5-6-19-39(30(47)15-12-27(44)36(3)53)21-8-22-40(23-32(49)50)31(48)16-13-28(45)37(4)54/h51-54H,5-23H2,1-4H3,(H,33,41)(H,49,50). The highest BCUT2D eigenvalue weighted by Crippen LogP contribution is 2.09. The van der Waals surface area contributed by atoms with Crippen LogP contribution in [0.2, 0.25) is 0 Å². The molecule has 0 fully saturated rings. The number of carboxylic acids is 1. The fraction of sp³-hybridized carbons (Fsp3) is 0.719. The quantitative estimate of drug-likeness (QED) is 0.0323. The van der Waals surface area contributed by atoms with Crippen molar-refractivity contribution in [1.29, 1.82) is 0 Å². The summed E-state index contributed by atoms with van der Waals surface area (Å²) in [5.41, 5.74) is 0. The molecule has 0 aromatic heterocycles. The second-order valence-electron chi connectivity index (χ2n) is 12.4. The monoisotopic (exact) mass is 776 g/mol. The molecule has 0 aromatic rings. The van der Waals surface area contributed by atoms with Crippen molar-refractivity contribution in [2.45, 2.75) is 77.0 Å². The lowest BCUT2D eigenvalue weighted by atomic mass is 10.2. The van der Waals surface area contributed by atoms with Gasteiger partial charge in [-0.05, 0) is 25.7 Å². The first-order valence-electron chi connectivity index (χ1n) is 17.4. The van der Waals surface area contributed by atoms with E-state index in [2.05, 4.69) is 5.32 Å². The predicted molar refractivity (Wildman–Crippen MR) is 184 cm³/mol.